The molecule has 1 saturated heterocycles. The van der Waals surface area contributed by atoms with E-state index in [4.69, 9.17) is 0 Å². The first-order chi connectivity index (χ1) is 7.56. The van der Waals surface area contributed by atoms with Crippen LogP contribution in [0.15, 0.2) is 0 Å². The van der Waals surface area contributed by atoms with E-state index in [1.807, 2.05) is 4.90 Å². The zero-order chi connectivity index (χ0) is 12.1. The first-order valence-corrected chi connectivity index (χ1v) is 7.24. The number of nitrogens with one attached hydrogen (secondary N) is 1. The van der Waals surface area contributed by atoms with Crippen LogP contribution in [-0.4, -0.2) is 47.5 Å². The van der Waals surface area contributed by atoms with E-state index >= 15 is 0 Å². The van der Waals surface area contributed by atoms with E-state index in [1.54, 1.807) is 11.8 Å². The summed E-state index contributed by atoms with van der Waals surface area (Å²) in [5.41, 5.74) is 0. The summed E-state index contributed by atoms with van der Waals surface area (Å²) in [7, 11) is 0. The lowest BCUT2D eigenvalue weighted by molar-refractivity contribution is -0.132. The molecule has 0 spiro atoms. The third-order valence-electron chi connectivity index (χ3n) is 2.88. The molecule has 0 aromatic carbocycles. The van der Waals surface area contributed by atoms with Crippen molar-refractivity contribution in [2.24, 2.45) is 5.92 Å². The van der Waals surface area contributed by atoms with Crippen LogP contribution < -0.4 is 5.32 Å². The Hall–Kier alpha value is 0.0700. The number of amides is 1. The molecule has 1 aliphatic heterocycles. The molecule has 1 fully saturated rings. The molecule has 2 unspecified atom stereocenters. The molecule has 1 aliphatic rings. The first kappa shape index (κ1) is 17.1. The summed E-state index contributed by atoms with van der Waals surface area (Å²) in [5.74, 6) is 1.76. The smallest absolute Gasteiger partial charge is 0.236 e. The lowest BCUT2D eigenvalue weighted by Crippen LogP contribution is -2.54. The number of halogens is 1. The van der Waals surface area contributed by atoms with Crippen molar-refractivity contribution in [2.45, 2.75) is 39.0 Å². The Bertz CT molecular complexity index is 239. The third-order valence-corrected chi connectivity index (χ3v) is 4.31. The molecule has 1 amide bonds. The van der Waals surface area contributed by atoms with Crippen molar-refractivity contribution in [3.8, 4) is 0 Å². The molecule has 3 nitrogen and oxygen atoms in total. The highest BCUT2D eigenvalue weighted by Gasteiger charge is 2.29. The standard InChI is InChI=1S/C12H24N2OS.ClH/c1-5-16-11(9(2)3)12(15)14-7-6-13-10(4)8-14;/h9-11,13H,5-8H2,1-4H3;1H. The van der Waals surface area contributed by atoms with Gasteiger partial charge in [0.2, 0.25) is 5.91 Å². The van der Waals surface area contributed by atoms with Gasteiger partial charge in [-0.2, -0.15) is 0 Å². The highest BCUT2D eigenvalue weighted by Crippen LogP contribution is 2.22. The van der Waals surface area contributed by atoms with Gasteiger partial charge >= 0.3 is 0 Å². The van der Waals surface area contributed by atoms with E-state index in [9.17, 15) is 4.79 Å². The average molecular weight is 281 g/mol. The fourth-order valence-electron chi connectivity index (χ4n) is 2.04. The van der Waals surface area contributed by atoms with E-state index < -0.39 is 0 Å². The molecule has 0 aromatic rings. The summed E-state index contributed by atoms with van der Waals surface area (Å²) in [6.07, 6.45) is 0. The Kier molecular flexibility index (Phi) is 8.25. The minimum absolute atomic E-state index is 0. The van der Waals surface area contributed by atoms with Gasteiger partial charge in [-0.25, -0.2) is 0 Å². The monoisotopic (exact) mass is 280 g/mol. The predicted molar refractivity (Wildman–Crippen MR) is 78.1 cm³/mol. The lowest BCUT2D eigenvalue weighted by Gasteiger charge is -2.35. The Balaban J connectivity index is 0.00000256. The van der Waals surface area contributed by atoms with Crippen molar-refractivity contribution < 1.29 is 4.79 Å². The van der Waals surface area contributed by atoms with Gasteiger partial charge in [-0.1, -0.05) is 20.8 Å². The average Bonchev–Trinajstić information content (AvgIpc) is 2.24. The molecule has 17 heavy (non-hydrogen) atoms. The maximum Gasteiger partial charge on any atom is 0.236 e. The van der Waals surface area contributed by atoms with Crippen LogP contribution in [0.5, 0.6) is 0 Å². The molecule has 1 heterocycles. The summed E-state index contributed by atoms with van der Waals surface area (Å²) in [5, 5.41) is 3.50. The van der Waals surface area contributed by atoms with E-state index in [-0.39, 0.29) is 17.7 Å². The van der Waals surface area contributed by atoms with Gasteiger partial charge in [-0.15, -0.1) is 24.2 Å². The molecule has 0 radical (unpaired) electrons. The highest BCUT2D eigenvalue weighted by molar-refractivity contribution is 8.00. The van der Waals surface area contributed by atoms with Crippen molar-refractivity contribution in [3.63, 3.8) is 0 Å². The molecular formula is C12H25ClN2OS. The Morgan fingerprint density at radius 2 is 2.18 bits per heavy atom. The van der Waals surface area contributed by atoms with Gasteiger partial charge in [0, 0.05) is 25.7 Å². The van der Waals surface area contributed by atoms with Gasteiger partial charge in [0.25, 0.3) is 0 Å². The zero-order valence-corrected chi connectivity index (χ0v) is 12.9. The van der Waals surface area contributed by atoms with Crippen molar-refractivity contribution in [2.75, 3.05) is 25.4 Å². The highest BCUT2D eigenvalue weighted by atomic mass is 35.5. The van der Waals surface area contributed by atoms with Gasteiger partial charge < -0.3 is 10.2 Å². The van der Waals surface area contributed by atoms with Crippen molar-refractivity contribution >= 4 is 30.1 Å². The maximum atomic E-state index is 12.4. The van der Waals surface area contributed by atoms with Crippen LogP contribution >= 0.6 is 24.2 Å². The second-order valence-corrected chi connectivity index (χ2v) is 6.18. The summed E-state index contributed by atoms with van der Waals surface area (Å²) >= 11 is 1.78. The van der Waals surface area contributed by atoms with E-state index in [0.717, 1.165) is 25.4 Å². The van der Waals surface area contributed by atoms with Crippen LogP contribution in [-0.2, 0) is 4.79 Å². The largest absolute Gasteiger partial charge is 0.339 e. The fraction of sp³-hybridized carbons (Fsp3) is 0.917. The van der Waals surface area contributed by atoms with Crippen LogP contribution in [0.2, 0.25) is 0 Å². The third kappa shape index (κ3) is 5.06. The quantitative estimate of drug-likeness (QED) is 0.855. The van der Waals surface area contributed by atoms with Gasteiger partial charge in [0.1, 0.15) is 0 Å². The second-order valence-electron chi connectivity index (χ2n) is 4.76. The molecule has 0 aliphatic carbocycles. The number of carbonyl (C=O) groups excluding carboxylic acids is 1. The summed E-state index contributed by atoms with van der Waals surface area (Å²) < 4.78 is 0. The molecular weight excluding hydrogens is 256 g/mol. The van der Waals surface area contributed by atoms with Gasteiger partial charge in [0.15, 0.2) is 0 Å². The molecule has 5 heteroatoms. The number of piperazine rings is 1. The van der Waals surface area contributed by atoms with Gasteiger partial charge in [-0.05, 0) is 18.6 Å². The minimum Gasteiger partial charge on any atom is -0.339 e. The lowest BCUT2D eigenvalue weighted by atomic mass is 10.1. The van der Waals surface area contributed by atoms with Crippen LogP contribution in [0.3, 0.4) is 0 Å². The number of nitrogens with zero attached hydrogens (tertiary/aromatic N) is 1. The Morgan fingerprint density at radius 3 is 2.65 bits per heavy atom. The van der Waals surface area contributed by atoms with Crippen LogP contribution in [0.1, 0.15) is 27.7 Å². The summed E-state index contributed by atoms with van der Waals surface area (Å²) in [6.45, 7) is 11.2. The Labute approximate surface area is 115 Å². The number of hydrogen-bond acceptors (Lipinski definition) is 3. The van der Waals surface area contributed by atoms with Crippen LogP contribution in [0, 0.1) is 5.92 Å². The normalized spacial score (nSPS) is 22.2. The summed E-state index contributed by atoms with van der Waals surface area (Å²) in [4.78, 5) is 14.4. The van der Waals surface area contributed by atoms with E-state index in [1.165, 1.54) is 0 Å². The van der Waals surface area contributed by atoms with Crippen LogP contribution in [0.25, 0.3) is 0 Å². The molecule has 0 aromatic heterocycles. The molecule has 0 bridgehead atoms. The predicted octanol–water partition coefficient (Wildman–Crippen LogP) is 2.01. The SMILES string of the molecule is CCSC(C(=O)N1CCNC(C)C1)C(C)C.Cl. The maximum absolute atomic E-state index is 12.4. The van der Waals surface area contributed by atoms with Crippen molar-refractivity contribution in [1.29, 1.82) is 0 Å². The zero-order valence-electron chi connectivity index (χ0n) is 11.2. The first-order valence-electron chi connectivity index (χ1n) is 6.20. The van der Waals surface area contributed by atoms with Crippen LogP contribution in [0.4, 0.5) is 0 Å². The Morgan fingerprint density at radius 1 is 1.53 bits per heavy atom. The molecule has 102 valence electrons. The number of hydrogen-bond donors (Lipinski definition) is 1. The molecule has 0 saturated carbocycles. The minimum atomic E-state index is 0. The molecule has 1 N–H and O–H groups in total. The number of rotatable bonds is 4. The number of carbonyl (C=O) groups is 1. The second kappa shape index (κ2) is 8.22. The van der Waals surface area contributed by atoms with Crippen molar-refractivity contribution in [3.05, 3.63) is 0 Å². The molecule has 1 rings (SSSR count). The van der Waals surface area contributed by atoms with Gasteiger partial charge in [-0.3, -0.25) is 4.79 Å². The topological polar surface area (TPSA) is 32.3 Å². The summed E-state index contributed by atoms with van der Waals surface area (Å²) in [6, 6.07) is 0.428. The molecule has 2 atom stereocenters. The number of thioether (sulfide) groups is 1. The van der Waals surface area contributed by atoms with Gasteiger partial charge in [0.05, 0.1) is 5.25 Å². The van der Waals surface area contributed by atoms with E-state index in [2.05, 4.69) is 33.0 Å². The van der Waals surface area contributed by atoms with E-state index in [0.29, 0.717) is 17.9 Å². The van der Waals surface area contributed by atoms with Crippen molar-refractivity contribution in [1.82, 2.24) is 10.2 Å². The fourth-order valence-corrected chi connectivity index (χ4v) is 3.08.